The van der Waals surface area contributed by atoms with Gasteiger partial charge in [-0.05, 0) is 24.6 Å². The molecule has 0 bridgehead atoms. The minimum Gasteiger partial charge on any atom is -0.481 e. The van der Waals surface area contributed by atoms with Crippen LogP contribution in [0.1, 0.15) is 12.0 Å². The van der Waals surface area contributed by atoms with Crippen molar-refractivity contribution in [3.05, 3.63) is 28.2 Å². The van der Waals surface area contributed by atoms with Crippen LogP contribution in [0.25, 0.3) is 0 Å². The molecule has 1 atom stereocenters. The molecule has 3 N–H and O–H groups in total. The van der Waals surface area contributed by atoms with Gasteiger partial charge in [0.2, 0.25) is 0 Å². The monoisotopic (exact) mass is 287 g/mol. The Kier molecular flexibility index (Phi) is 4.76. The summed E-state index contributed by atoms with van der Waals surface area (Å²) in [6.07, 6.45) is -1.13. The fourth-order valence-electron chi connectivity index (χ4n) is 1.29. The first-order valence-electron chi connectivity index (χ1n) is 4.89. The molecule has 0 amide bonds. The Morgan fingerprint density at radius 3 is 2.88 bits per heavy atom. The van der Waals surface area contributed by atoms with Gasteiger partial charge in [0.05, 0.1) is 12.5 Å². The van der Waals surface area contributed by atoms with E-state index >= 15 is 0 Å². The minimum atomic E-state index is -1.000. The third-order valence-electron chi connectivity index (χ3n) is 2.14. The maximum absolute atomic E-state index is 10.3. The van der Waals surface area contributed by atoms with Crippen LogP contribution in [-0.2, 0) is 4.79 Å². The average molecular weight is 288 g/mol. The highest BCUT2D eigenvalue weighted by molar-refractivity contribution is 9.10. The molecule has 0 fully saturated rings. The van der Waals surface area contributed by atoms with Crippen molar-refractivity contribution in [1.82, 2.24) is 0 Å². The molecule has 16 heavy (non-hydrogen) atoms. The lowest BCUT2D eigenvalue weighted by atomic mass is 10.2. The van der Waals surface area contributed by atoms with E-state index in [4.69, 9.17) is 5.11 Å². The third-order valence-corrected chi connectivity index (χ3v) is 2.63. The number of carboxylic acids is 1. The normalized spacial score (nSPS) is 12.2. The second kappa shape index (κ2) is 5.86. The smallest absolute Gasteiger partial charge is 0.306 e. The van der Waals surface area contributed by atoms with Crippen molar-refractivity contribution in [3.8, 4) is 0 Å². The van der Waals surface area contributed by atoms with Crippen LogP contribution >= 0.6 is 15.9 Å². The van der Waals surface area contributed by atoms with Gasteiger partial charge < -0.3 is 15.5 Å². The van der Waals surface area contributed by atoms with Crippen LogP contribution in [0.4, 0.5) is 5.69 Å². The van der Waals surface area contributed by atoms with Crippen LogP contribution in [0.3, 0.4) is 0 Å². The summed E-state index contributed by atoms with van der Waals surface area (Å²) >= 11 is 3.35. The van der Waals surface area contributed by atoms with Gasteiger partial charge in [-0.3, -0.25) is 4.79 Å². The van der Waals surface area contributed by atoms with Gasteiger partial charge in [-0.25, -0.2) is 0 Å². The Bertz CT molecular complexity index is 381. The summed E-state index contributed by atoms with van der Waals surface area (Å²) in [7, 11) is 0. The fourth-order valence-corrected chi connectivity index (χ4v) is 1.65. The Labute approximate surface area is 102 Å². The van der Waals surface area contributed by atoms with Crippen LogP contribution < -0.4 is 5.32 Å². The maximum atomic E-state index is 10.3. The zero-order valence-corrected chi connectivity index (χ0v) is 10.5. The Hall–Kier alpha value is -1.07. The molecular weight excluding hydrogens is 274 g/mol. The topological polar surface area (TPSA) is 69.6 Å². The zero-order chi connectivity index (χ0) is 12.1. The fraction of sp³-hybridized carbons (Fsp3) is 0.364. The molecule has 1 aromatic rings. The average Bonchev–Trinajstić information content (AvgIpc) is 2.18. The molecule has 0 spiro atoms. The lowest BCUT2D eigenvalue weighted by molar-refractivity contribution is -0.138. The van der Waals surface area contributed by atoms with Crippen molar-refractivity contribution in [2.45, 2.75) is 19.4 Å². The Morgan fingerprint density at radius 2 is 2.25 bits per heavy atom. The number of hydrogen-bond donors (Lipinski definition) is 3. The van der Waals surface area contributed by atoms with E-state index < -0.39 is 12.1 Å². The second-order valence-corrected chi connectivity index (χ2v) is 4.51. The highest BCUT2D eigenvalue weighted by atomic mass is 79.9. The van der Waals surface area contributed by atoms with E-state index in [1.165, 1.54) is 0 Å². The molecule has 5 heteroatoms. The molecule has 0 saturated heterocycles. The van der Waals surface area contributed by atoms with Crippen molar-refractivity contribution in [3.63, 3.8) is 0 Å². The molecule has 1 unspecified atom stereocenters. The summed E-state index contributed by atoms with van der Waals surface area (Å²) in [4.78, 5) is 10.3. The summed E-state index contributed by atoms with van der Waals surface area (Å²) in [5.41, 5.74) is 1.93. The molecule has 0 radical (unpaired) electrons. The van der Waals surface area contributed by atoms with E-state index in [2.05, 4.69) is 21.2 Å². The number of aliphatic carboxylic acids is 1. The van der Waals surface area contributed by atoms with Crippen LogP contribution in [0.5, 0.6) is 0 Å². The Morgan fingerprint density at radius 1 is 1.56 bits per heavy atom. The van der Waals surface area contributed by atoms with Crippen LogP contribution in [0.15, 0.2) is 22.7 Å². The number of aliphatic hydroxyl groups excluding tert-OH is 1. The minimum absolute atomic E-state index is 0.226. The highest BCUT2D eigenvalue weighted by Gasteiger charge is 2.09. The van der Waals surface area contributed by atoms with Gasteiger partial charge in [-0.15, -0.1) is 0 Å². The summed E-state index contributed by atoms with van der Waals surface area (Å²) in [5, 5.41) is 20.9. The molecule has 88 valence electrons. The first-order valence-corrected chi connectivity index (χ1v) is 5.68. The molecule has 0 aliphatic rings. The van der Waals surface area contributed by atoms with Gasteiger partial charge >= 0.3 is 5.97 Å². The van der Waals surface area contributed by atoms with E-state index in [1.807, 2.05) is 25.1 Å². The number of benzene rings is 1. The van der Waals surface area contributed by atoms with Crippen LogP contribution in [-0.4, -0.2) is 28.8 Å². The molecule has 0 heterocycles. The van der Waals surface area contributed by atoms with Gasteiger partial charge in [0, 0.05) is 16.7 Å². The maximum Gasteiger partial charge on any atom is 0.306 e. The van der Waals surface area contributed by atoms with Gasteiger partial charge in [0.25, 0.3) is 0 Å². The van der Waals surface area contributed by atoms with Gasteiger partial charge in [0.1, 0.15) is 0 Å². The summed E-state index contributed by atoms with van der Waals surface area (Å²) in [6.45, 7) is 2.17. The quantitative estimate of drug-likeness (QED) is 0.775. The van der Waals surface area contributed by atoms with Crippen molar-refractivity contribution in [2.75, 3.05) is 11.9 Å². The van der Waals surface area contributed by atoms with E-state index in [0.717, 1.165) is 15.7 Å². The number of nitrogens with one attached hydrogen (secondary N) is 1. The largest absolute Gasteiger partial charge is 0.481 e. The van der Waals surface area contributed by atoms with Crippen molar-refractivity contribution >= 4 is 27.6 Å². The van der Waals surface area contributed by atoms with Gasteiger partial charge in [0.15, 0.2) is 0 Å². The first-order chi connectivity index (χ1) is 7.49. The van der Waals surface area contributed by atoms with E-state index in [0.29, 0.717) is 0 Å². The summed E-state index contributed by atoms with van der Waals surface area (Å²) in [5.74, 6) is -1.000. The van der Waals surface area contributed by atoms with Crippen LogP contribution in [0, 0.1) is 6.92 Å². The highest BCUT2D eigenvalue weighted by Crippen LogP contribution is 2.20. The molecule has 1 aromatic carbocycles. The molecule has 0 aliphatic carbocycles. The number of rotatable bonds is 5. The second-order valence-electron chi connectivity index (χ2n) is 3.59. The predicted octanol–water partition coefficient (Wildman–Crippen LogP) is 2.01. The lowest BCUT2D eigenvalue weighted by Crippen LogP contribution is -2.22. The predicted molar refractivity (Wildman–Crippen MR) is 65.6 cm³/mol. The lowest BCUT2D eigenvalue weighted by Gasteiger charge is -2.13. The number of halogens is 1. The first kappa shape index (κ1) is 13.0. The molecule has 4 nitrogen and oxygen atoms in total. The van der Waals surface area contributed by atoms with E-state index in [1.54, 1.807) is 0 Å². The summed E-state index contributed by atoms with van der Waals surface area (Å²) in [6, 6.07) is 5.76. The molecule has 0 aromatic heterocycles. The van der Waals surface area contributed by atoms with Gasteiger partial charge in [-0.1, -0.05) is 22.0 Å². The van der Waals surface area contributed by atoms with Crippen molar-refractivity contribution < 1.29 is 15.0 Å². The number of hydrogen-bond acceptors (Lipinski definition) is 3. The number of anilines is 1. The van der Waals surface area contributed by atoms with Crippen molar-refractivity contribution in [2.24, 2.45) is 0 Å². The standard InChI is InChI=1S/C11H14BrNO3/c1-7-2-3-8(12)4-10(7)13-6-9(14)5-11(15)16/h2-4,9,13-14H,5-6H2,1H3,(H,15,16). The molecule has 0 aliphatic heterocycles. The zero-order valence-electron chi connectivity index (χ0n) is 8.90. The molecule has 1 rings (SSSR count). The molecular formula is C11H14BrNO3. The number of carbonyl (C=O) groups is 1. The van der Waals surface area contributed by atoms with E-state index in [-0.39, 0.29) is 13.0 Å². The van der Waals surface area contributed by atoms with Gasteiger partial charge in [-0.2, -0.15) is 0 Å². The van der Waals surface area contributed by atoms with Crippen molar-refractivity contribution in [1.29, 1.82) is 0 Å². The third kappa shape index (κ3) is 4.20. The summed E-state index contributed by atoms with van der Waals surface area (Å²) < 4.78 is 0.938. The SMILES string of the molecule is Cc1ccc(Br)cc1NCC(O)CC(=O)O. The van der Waals surface area contributed by atoms with Crippen LogP contribution in [0.2, 0.25) is 0 Å². The van der Waals surface area contributed by atoms with E-state index in [9.17, 15) is 9.90 Å². The molecule has 0 saturated carbocycles. The number of aryl methyl sites for hydroxylation is 1. The number of carboxylic acid groups (broad SMARTS) is 1. The number of aliphatic hydroxyl groups is 1. The Balaban J connectivity index is 2.54.